The summed E-state index contributed by atoms with van der Waals surface area (Å²) in [5, 5.41) is 5.61. The van der Waals surface area contributed by atoms with Crippen molar-refractivity contribution in [2.24, 2.45) is 5.41 Å². The molecule has 0 aliphatic carbocycles. The molecule has 0 bridgehead atoms. The van der Waals surface area contributed by atoms with E-state index >= 15 is 0 Å². The van der Waals surface area contributed by atoms with E-state index in [1.807, 2.05) is 0 Å². The summed E-state index contributed by atoms with van der Waals surface area (Å²) in [4.78, 5) is 12.0. The van der Waals surface area contributed by atoms with E-state index in [-0.39, 0.29) is 22.0 Å². The van der Waals surface area contributed by atoms with Gasteiger partial charge in [0.15, 0.2) is 5.11 Å². The molecular formula is C15H23N3O3S2. The summed E-state index contributed by atoms with van der Waals surface area (Å²) < 4.78 is 26.5. The SMILES string of the molecule is CC(C)NS(=O)(=O)c1ccc(NC(=S)NC(=O)C(C)(C)C)cc1. The van der Waals surface area contributed by atoms with Gasteiger partial charge >= 0.3 is 0 Å². The summed E-state index contributed by atoms with van der Waals surface area (Å²) in [7, 11) is -3.52. The first-order chi connectivity index (χ1) is 10.4. The lowest BCUT2D eigenvalue weighted by Crippen LogP contribution is -2.41. The Morgan fingerprint density at radius 3 is 2.09 bits per heavy atom. The fourth-order valence-corrected chi connectivity index (χ4v) is 3.01. The van der Waals surface area contributed by atoms with Crippen LogP contribution in [0.3, 0.4) is 0 Å². The lowest BCUT2D eigenvalue weighted by Gasteiger charge is -2.18. The Labute approximate surface area is 143 Å². The van der Waals surface area contributed by atoms with E-state index in [9.17, 15) is 13.2 Å². The molecule has 0 spiro atoms. The van der Waals surface area contributed by atoms with Gasteiger partial charge in [0.2, 0.25) is 15.9 Å². The maximum Gasteiger partial charge on any atom is 0.240 e. The van der Waals surface area contributed by atoms with Gasteiger partial charge in [0.1, 0.15) is 0 Å². The molecule has 0 fully saturated rings. The van der Waals surface area contributed by atoms with Crippen molar-refractivity contribution >= 4 is 38.9 Å². The van der Waals surface area contributed by atoms with Gasteiger partial charge in [0, 0.05) is 17.1 Å². The van der Waals surface area contributed by atoms with Crippen molar-refractivity contribution in [1.29, 1.82) is 0 Å². The van der Waals surface area contributed by atoms with Gasteiger partial charge in [-0.1, -0.05) is 20.8 Å². The molecule has 128 valence electrons. The van der Waals surface area contributed by atoms with E-state index in [2.05, 4.69) is 15.4 Å². The number of thiocarbonyl (C=S) groups is 1. The molecule has 0 saturated carbocycles. The number of sulfonamides is 1. The average Bonchev–Trinajstić information content (AvgIpc) is 2.36. The lowest BCUT2D eigenvalue weighted by atomic mass is 9.96. The molecular weight excluding hydrogens is 334 g/mol. The highest BCUT2D eigenvalue weighted by atomic mass is 32.2. The summed E-state index contributed by atoms with van der Waals surface area (Å²) in [6.45, 7) is 8.86. The number of carbonyl (C=O) groups is 1. The minimum atomic E-state index is -3.52. The second-order valence-corrected chi connectivity index (χ2v) is 8.58. The monoisotopic (exact) mass is 357 g/mol. The van der Waals surface area contributed by atoms with Crippen LogP contribution in [0.4, 0.5) is 5.69 Å². The first kappa shape index (κ1) is 19.5. The molecule has 23 heavy (non-hydrogen) atoms. The Morgan fingerprint density at radius 2 is 1.65 bits per heavy atom. The van der Waals surface area contributed by atoms with Crippen molar-refractivity contribution in [2.45, 2.75) is 45.6 Å². The largest absolute Gasteiger partial charge is 0.332 e. The molecule has 1 rings (SSSR count). The van der Waals surface area contributed by atoms with Gasteiger partial charge in [-0.05, 0) is 50.3 Å². The van der Waals surface area contributed by atoms with Gasteiger partial charge in [-0.3, -0.25) is 4.79 Å². The Hall–Kier alpha value is -1.51. The van der Waals surface area contributed by atoms with Crippen LogP contribution in [-0.2, 0) is 14.8 Å². The van der Waals surface area contributed by atoms with Crippen LogP contribution < -0.4 is 15.4 Å². The van der Waals surface area contributed by atoms with Gasteiger partial charge in [0.25, 0.3) is 0 Å². The van der Waals surface area contributed by atoms with Crippen LogP contribution in [0, 0.1) is 5.41 Å². The molecule has 0 saturated heterocycles. The zero-order chi connectivity index (χ0) is 17.8. The smallest absolute Gasteiger partial charge is 0.240 e. The molecule has 1 aromatic rings. The Balaban J connectivity index is 2.75. The zero-order valence-corrected chi connectivity index (χ0v) is 15.6. The maximum absolute atomic E-state index is 12.0. The lowest BCUT2D eigenvalue weighted by molar-refractivity contribution is -0.126. The second kappa shape index (κ2) is 7.37. The maximum atomic E-state index is 12.0. The molecule has 8 heteroatoms. The highest BCUT2D eigenvalue weighted by molar-refractivity contribution is 7.89. The second-order valence-electron chi connectivity index (χ2n) is 6.46. The normalized spacial score (nSPS) is 12.1. The third-order valence-electron chi connectivity index (χ3n) is 2.72. The van der Waals surface area contributed by atoms with E-state index < -0.39 is 15.4 Å². The number of hydrogen-bond acceptors (Lipinski definition) is 4. The fraction of sp³-hybridized carbons (Fsp3) is 0.467. The molecule has 0 aliphatic rings. The number of nitrogens with one attached hydrogen (secondary N) is 3. The highest BCUT2D eigenvalue weighted by Gasteiger charge is 2.22. The van der Waals surface area contributed by atoms with Crippen LogP contribution in [0.15, 0.2) is 29.2 Å². The number of rotatable bonds is 4. The number of hydrogen-bond donors (Lipinski definition) is 3. The third-order valence-corrected chi connectivity index (χ3v) is 4.60. The van der Waals surface area contributed by atoms with E-state index in [4.69, 9.17) is 12.2 Å². The minimum Gasteiger partial charge on any atom is -0.332 e. The van der Waals surface area contributed by atoms with Crippen molar-refractivity contribution < 1.29 is 13.2 Å². The Morgan fingerprint density at radius 1 is 1.13 bits per heavy atom. The standard InChI is InChI=1S/C15H23N3O3S2/c1-10(2)18-23(20,21)12-8-6-11(7-9-12)16-14(22)17-13(19)15(3,4)5/h6-10,18H,1-5H3,(H2,16,17,19,22). The molecule has 0 aromatic heterocycles. The van der Waals surface area contributed by atoms with Crippen molar-refractivity contribution in [3.8, 4) is 0 Å². The van der Waals surface area contributed by atoms with Crippen LogP contribution in [-0.4, -0.2) is 25.5 Å². The van der Waals surface area contributed by atoms with E-state index in [1.165, 1.54) is 12.1 Å². The fourth-order valence-electron chi connectivity index (χ4n) is 1.55. The first-order valence-corrected chi connectivity index (χ1v) is 9.06. The number of amides is 1. The summed E-state index contributed by atoms with van der Waals surface area (Å²) in [5.41, 5.74) is 0.0411. The van der Waals surface area contributed by atoms with Crippen LogP contribution in [0.1, 0.15) is 34.6 Å². The van der Waals surface area contributed by atoms with Crippen LogP contribution in [0.25, 0.3) is 0 Å². The molecule has 6 nitrogen and oxygen atoms in total. The zero-order valence-electron chi connectivity index (χ0n) is 13.9. The Bertz CT molecular complexity index is 675. The number of benzene rings is 1. The molecule has 0 unspecified atom stereocenters. The summed E-state index contributed by atoms with van der Waals surface area (Å²) in [6.07, 6.45) is 0. The molecule has 1 aromatic carbocycles. The highest BCUT2D eigenvalue weighted by Crippen LogP contribution is 2.15. The van der Waals surface area contributed by atoms with Crippen molar-refractivity contribution in [3.63, 3.8) is 0 Å². The number of carbonyl (C=O) groups excluding carboxylic acids is 1. The molecule has 3 N–H and O–H groups in total. The van der Waals surface area contributed by atoms with Crippen molar-refractivity contribution in [2.75, 3.05) is 5.32 Å². The van der Waals surface area contributed by atoms with Crippen LogP contribution in [0.2, 0.25) is 0 Å². The van der Waals surface area contributed by atoms with Gasteiger partial charge in [0.05, 0.1) is 4.90 Å². The summed E-state index contributed by atoms with van der Waals surface area (Å²) in [6, 6.07) is 5.94. The van der Waals surface area contributed by atoms with Crippen molar-refractivity contribution in [1.82, 2.24) is 10.0 Å². The molecule has 0 radical (unpaired) electrons. The molecule has 1 amide bonds. The molecule has 0 atom stereocenters. The summed E-state index contributed by atoms with van der Waals surface area (Å²) >= 11 is 5.07. The molecule has 0 aliphatic heterocycles. The predicted octanol–water partition coefficient (Wildman–Crippen LogP) is 2.23. The van der Waals surface area contributed by atoms with Crippen LogP contribution >= 0.6 is 12.2 Å². The van der Waals surface area contributed by atoms with Gasteiger partial charge in [-0.2, -0.15) is 0 Å². The van der Waals surface area contributed by atoms with E-state index in [1.54, 1.807) is 46.8 Å². The summed E-state index contributed by atoms with van der Waals surface area (Å²) in [5.74, 6) is -0.199. The van der Waals surface area contributed by atoms with Gasteiger partial charge < -0.3 is 10.6 Å². The predicted molar refractivity (Wildman–Crippen MR) is 95.7 cm³/mol. The van der Waals surface area contributed by atoms with Gasteiger partial charge in [-0.25, -0.2) is 13.1 Å². The van der Waals surface area contributed by atoms with Gasteiger partial charge in [-0.15, -0.1) is 0 Å². The molecule has 0 heterocycles. The van der Waals surface area contributed by atoms with Crippen LogP contribution in [0.5, 0.6) is 0 Å². The van der Waals surface area contributed by atoms with E-state index in [0.717, 1.165) is 0 Å². The van der Waals surface area contributed by atoms with Crippen molar-refractivity contribution in [3.05, 3.63) is 24.3 Å². The minimum absolute atomic E-state index is 0.167. The number of anilines is 1. The van der Waals surface area contributed by atoms with E-state index in [0.29, 0.717) is 5.69 Å². The topological polar surface area (TPSA) is 87.3 Å². The first-order valence-electron chi connectivity index (χ1n) is 7.16. The average molecular weight is 358 g/mol. The quantitative estimate of drug-likeness (QED) is 0.719. The Kier molecular flexibility index (Phi) is 6.26. The third kappa shape index (κ3) is 6.25.